The van der Waals surface area contributed by atoms with Crippen LogP contribution in [0.1, 0.15) is 10.4 Å². The molecule has 3 rings (SSSR count). The van der Waals surface area contributed by atoms with E-state index in [1.807, 2.05) is 0 Å². The predicted molar refractivity (Wildman–Crippen MR) is 108 cm³/mol. The summed E-state index contributed by atoms with van der Waals surface area (Å²) < 4.78 is 24.6. The number of hydrogen-bond acceptors (Lipinski definition) is 4. The van der Waals surface area contributed by atoms with Crippen LogP contribution in [0, 0.1) is 0 Å². The molecule has 1 amide bonds. The first-order valence-electron chi connectivity index (χ1n) is 8.13. The van der Waals surface area contributed by atoms with E-state index in [0.29, 0.717) is 22.0 Å². The zero-order chi connectivity index (χ0) is 19.3. The van der Waals surface area contributed by atoms with E-state index in [-0.39, 0.29) is 16.7 Å². The lowest BCUT2D eigenvalue weighted by atomic mass is 10.2. The van der Waals surface area contributed by atoms with Gasteiger partial charge in [-0.2, -0.15) is 0 Å². The fourth-order valence-corrected chi connectivity index (χ4v) is 3.66. The lowest BCUT2D eigenvalue weighted by molar-refractivity contribution is 0.102. The zero-order valence-electron chi connectivity index (χ0n) is 14.2. The van der Waals surface area contributed by atoms with E-state index in [9.17, 15) is 13.2 Å². The Kier molecular flexibility index (Phi) is 5.78. The van der Waals surface area contributed by atoms with E-state index in [0.717, 1.165) is 0 Å². The van der Waals surface area contributed by atoms with Crippen LogP contribution in [0.2, 0.25) is 5.02 Å². The van der Waals surface area contributed by atoms with Gasteiger partial charge in [0.05, 0.1) is 15.6 Å². The molecule has 7 heteroatoms. The highest BCUT2D eigenvalue weighted by molar-refractivity contribution is 7.91. The second kappa shape index (κ2) is 8.24. The molecule has 0 fully saturated rings. The van der Waals surface area contributed by atoms with Crippen LogP contribution in [0.5, 0.6) is 0 Å². The Morgan fingerprint density at radius 3 is 2.15 bits per heavy atom. The monoisotopic (exact) mass is 400 g/mol. The molecule has 0 aliphatic carbocycles. The SMILES string of the molecule is O=C(Nc1ccccc1Cl)c1ccc(NCS(=O)(=O)c2ccccc2)cc1. The fourth-order valence-electron chi connectivity index (χ4n) is 2.39. The number of anilines is 2. The summed E-state index contributed by atoms with van der Waals surface area (Å²) in [6, 6.07) is 21.7. The number of amides is 1. The summed E-state index contributed by atoms with van der Waals surface area (Å²) in [7, 11) is -3.44. The average molecular weight is 401 g/mol. The van der Waals surface area contributed by atoms with Crippen molar-refractivity contribution in [3.63, 3.8) is 0 Å². The molecule has 0 saturated heterocycles. The van der Waals surface area contributed by atoms with Crippen molar-refractivity contribution in [1.29, 1.82) is 0 Å². The third kappa shape index (κ3) is 4.87. The van der Waals surface area contributed by atoms with Crippen LogP contribution in [0.3, 0.4) is 0 Å². The average Bonchev–Trinajstić information content (AvgIpc) is 2.69. The predicted octanol–water partition coefficient (Wildman–Crippen LogP) is 4.44. The fraction of sp³-hybridized carbons (Fsp3) is 0.0500. The summed E-state index contributed by atoms with van der Waals surface area (Å²) in [5.74, 6) is -0.533. The van der Waals surface area contributed by atoms with Gasteiger partial charge in [-0.05, 0) is 48.5 Å². The summed E-state index contributed by atoms with van der Waals surface area (Å²) in [6.07, 6.45) is 0. The molecule has 0 aromatic heterocycles. The second-order valence-corrected chi connectivity index (χ2v) is 8.16. The van der Waals surface area contributed by atoms with Crippen LogP contribution in [-0.4, -0.2) is 20.2 Å². The van der Waals surface area contributed by atoms with Gasteiger partial charge in [0.1, 0.15) is 5.88 Å². The Morgan fingerprint density at radius 1 is 0.852 bits per heavy atom. The van der Waals surface area contributed by atoms with Crippen molar-refractivity contribution in [1.82, 2.24) is 0 Å². The Hall–Kier alpha value is -2.83. The standard InChI is InChI=1S/C20H17ClN2O3S/c21-18-8-4-5-9-19(18)23-20(24)15-10-12-16(13-11-15)22-14-27(25,26)17-6-2-1-3-7-17/h1-13,22H,14H2,(H,23,24). The molecule has 0 atom stereocenters. The molecule has 138 valence electrons. The van der Waals surface area contributed by atoms with Crippen molar-refractivity contribution in [3.8, 4) is 0 Å². The van der Waals surface area contributed by atoms with Gasteiger partial charge in [-0.1, -0.05) is 41.9 Å². The minimum atomic E-state index is -3.44. The smallest absolute Gasteiger partial charge is 0.255 e. The number of nitrogens with one attached hydrogen (secondary N) is 2. The first kappa shape index (κ1) is 18.9. The molecule has 0 aliphatic heterocycles. The Morgan fingerprint density at radius 2 is 1.48 bits per heavy atom. The van der Waals surface area contributed by atoms with E-state index in [2.05, 4.69) is 10.6 Å². The summed E-state index contributed by atoms with van der Waals surface area (Å²) in [5, 5.41) is 6.06. The van der Waals surface area contributed by atoms with Gasteiger partial charge in [-0.25, -0.2) is 8.42 Å². The number of hydrogen-bond donors (Lipinski definition) is 2. The Balaban J connectivity index is 1.64. The summed E-state index contributed by atoms with van der Waals surface area (Å²) in [4.78, 5) is 12.6. The number of halogens is 1. The number of carbonyl (C=O) groups excluding carboxylic acids is 1. The van der Waals surface area contributed by atoms with Crippen LogP contribution in [0.25, 0.3) is 0 Å². The molecule has 0 radical (unpaired) electrons. The molecule has 2 N–H and O–H groups in total. The lowest BCUT2D eigenvalue weighted by Gasteiger charge is -2.10. The Bertz CT molecular complexity index is 1040. The molecule has 0 unspecified atom stereocenters. The first-order valence-corrected chi connectivity index (χ1v) is 10.2. The topological polar surface area (TPSA) is 75.3 Å². The molecule has 0 spiro atoms. The van der Waals surface area contributed by atoms with Gasteiger partial charge in [-0.3, -0.25) is 4.79 Å². The van der Waals surface area contributed by atoms with Crippen LogP contribution in [-0.2, 0) is 9.84 Å². The summed E-state index contributed by atoms with van der Waals surface area (Å²) in [6.45, 7) is 0. The maximum absolute atomic E-state index is 12.3. The summed E-state index contributed by atoms with van der Waals surface area (Å²) in [5.41, 5.74) is 1.57. The van der Waals surface area contributed by atoms with Crippen molar-refractivity contribution in [2.75, 3.05) is 16.5 Å². The highest BCUT2D eigenvalue weighted by Crippen LogP contribution is 2.21. The molecular formula is C20H17ClN2O3S. The van der Waals surface area contributed by atoms with Crippen LogP contribution in [0.4, 0.5) is 11.4 Å². The third-order valence-corrected chi connectivity index (χ3v) is 5.68. The number of rotatable bonds is 6. The van der Waals surface area contributed by atoms with E-state index >= 15 is 0 Å². The molecule has 0 aliphatic rings. The molecule has 3 aromatic carbocycles. The molecule has 0 heterocycles. The molecule has 3 aromatic rings. The highest BCUT2D eigenvalue weighted by Gasteiger charge is 2.13. The van der Waals surface area contributed by atoms with Crippen LogP contribution in [0.15, 0.2) is 83.8 Å². The Labute approximate surface area is 162 Å². The quantitative estimate of drug-likeness (QED) is 0.641. The van der Waals surface area contributed by atoms with E-state index in [1.54, 1.807) is 78.9 Å². The van der Waals surface area contributed by atoms with Crippen LogP contribution < -0.4 is 10.6 Å². The largest absolute Gasteiger partial charge is 0.371 e. The highest BCUT2D eigenvalue weighted by atomic mass is 35.5. The molecular weight excluding hydrogens is 384 g/mol. The van der Waals surface area contributed by atoms with Crippen molar-refractivity contribution in [3.05, 3.63) is 89.4 Å². The summed E-state index contributed by atoms with van der Waals surface area (Å²) >= 11 is 6.03. The first-order chi connectivity index (χ1) is 13.0. The van der Waals surface area contributed by atoms with E-state index < -0.39 is 9.84 Å². The van der Waals surface area contributed by atoms with Gasteiger partial charge >= 0.3 is 0 Å². The van der Waals surface area contributed by atoms with Gasteiger partial charge < -0.3 is 10.6 Å². The number of para-hydroxylation sites is 1. The molecule has 0 bridgehead atoms. The van der Waals surface area contributed by atoms with Crippen molar-refractivity contribution in [2.24, 2.45) is 0 Å². The molecule has 27 heavy (non-hydrogen) atoms. The van der Waals surface area contributed by atoms with Gasteiger partial charge in [0, 0.05) is 11.3 Å². The lowest BCUT2D eigenvalue weighted by Crippen LogP contribution is -2.15. The molecule has 5 nitrogen and oxygen atoms in total. The van der Waals surface area contributed by atoms with Crippen LogP contribution >= 0.6 is 11.6 Å². The maximum Gasteiger partial charge on any atom is 0.255 e. The maximum atomic E-state index is 12.3. The zero-order valence-corrected chi connectivity index (χ0v) is 15.8. The van der Waals surface area contributed by atoms with Gasteiger partial charge in [0.25, 0.3) is 5.91 Å². The number of carbonyl (C=O) groups is 1. The van der Waals surface area contributed by atoms with E-state index in [4.69, 9.17) is 11.6 Å². The molecule has 0 saturated carbocycles. The van der Waals surface area contributed by atoms with Crippen molar-refractivity contribution < 1.29 is 13.2 Å². The minimum Gasteiger partial charge on any atom is -0.371 e. The van der Waals surface area contributed by atoms with Gasteiger partial charge in [0.2, 0.25) is 0 Å². The van der Waals surface area contributed by atoms with Crippen molar-refractivity contribution >= 4 is 38.7 Å². The van der Waals surface area contributed by atoms with E-state index in [1.165, 1.54) is 0 Å². The van der Waals surface area contributed by atoms with Gasteiger partial charge in [-0.15, -0.1) is 0 Å². The number of benzene rings is 3. The number of sulfone groups is 1. The second-order valence-electron chi connectivity index (χ2n) is 5.76. The van der Waals surface area contributed by atoms with Gasteiger partial charge in [0.15, 0.2) is 9.84 Å². The normalized spacial score (nSPS) is 11.0. The minimum absolute atomic E-state index is 0.234. The van der Waals surface area contributed by atoms with Crippen molar-refractivity contribution in [2.45, 2.75) is 4.90 Å². The third-order valence-electron chi connectivity index (χ3n) is 3.84.